The van der Waals surface area contributed by atoms with Gasteiger partial charge in [-0.25, -0.2) is 14.4 Å². The highest BCUT2D eigenvalue weighted by atomic mass is 35.5. The second-order valence-electron chi connectivity index (χ2n) is 5.42. The van der Waals surface area contributed by atoms with E-state index in [0.29, 0.717) is 21.4 Å². The van der Waals surface area contributed by atoms with Crippen molar-refractivity contribution in [3.8, 4) is 22.4 Å². The smallest absolute Gasteiger partial charge is 0.140 e. The van der Waals surface area contributed by atoms with E-state index in [1.807, 2.05) is 24.3 Å². The van der Waals surface area contributed by atoms with E-state index < -0.39 is 0 Å². The summed E-state index contributed by atoms with van der Waals surface area (Å²) in [5.74, 6) is -0.383. The van der Waals surface area contributed by atoms with Crippen molar-refractivity contribution in [2.24, 2.45) is 0 Å². The Morgan fingerprint density at radius 1 is 0.840 bits per heavy atom. The van der Waals surface area contributed by atoms with Gasteiger partial charge in [0.2, 0.25) is 0 Å². The van der Waals surface area contributed by atoms with Gasteiger partial charge in [0, 0.05) is 27.7 Å². The van der Waals surface area contributed by atoms with Crippen molar-refractivity contribution in [3.05, 3.63) is 77.0 Å². The van der Waals surface area contributed by atoms with Crippen molar-refractivity contribution in [1.82, 2.24) is 15.0 Å². The molecule has 6 heteroatoms. The zero-order valence-corrected chi connectivity index (χ0v) is 14.3. The number of rotatable bonds is 2. The Hall–Kier alpha value is -2.56. The summed E-state index contributed by atoms with van der Waals surface area (Å²) in [6.45, 7) is 0. The molecule has 2 aromatic carbocycles. The molecule has 0 atom stereocenters. The minimum atomic E-state index is -0.383. The average Bonchev–Trinajstić information content (AvgIpc) is 2.64. The molecule has 25 heavy (non-hydrogen) atoms. The summed E-state index contributed by atoms with van der Waals surface area (Å²) in [6, 6.07) is 13.7. The monoisotopic (exact) mass is 369 g/mol. The van der Waals surface area contributed by atoms with Crippen molar-refractivity contribution in [3.63, 3.8) is 0 Å². The third-order valence-electron chi connectivity index (χ3n) is 3.89. The molecule has 3 nitrogen and oxygen atoms in total. The molecule has 0 fully saturated rings. The van der Waals surface area contributed by atoms with Crippen LogP contribution >= 0.6 is 23.2 Å². The van der Waals surface area contributed by atoms with Gasteiger partial charge in [-0.2, -0.15) is 0 Å². The SMILES string of the molecule is Fc1ccc(Cl)cc1-c1ncccc1-c1ccc2ncnc(Cl)c2c1. The van der Waals surface area contributed by atoms with E-state index in [-0.39, 0.29) is 5.82 Å². The van der Waals surface area contributed by atoms with Crippen LogP contribution in [0.1, 0.15) is 0 Å². The van der Waals surface area contributed by atoms with Crippen LogP contribution < -0.4 is 0 Å². The maximum Gasteiger partial charge on any atom is 0.140 e. The third-order valence-corrected chi connectivity index (χ3v) is 4.43. The molecule has 0 aliphatic heterocycles. The highest BCUT2D eigenvalue weighted by molar-refractivity contribution is 6.34. The summed E-state index contributed by atoms with van der Waals surface area (Å²) >= 11 is 12.2. The van der Waals surface area contributed by atoms with Crippen molar-refractivity contribution < 1.29 is 4.39 Å². The van der Waals surface area contributed by atoms with Crippen LogP contribution in [0.5, 0.6) is 0 Å². The zero-order chi connectivity index (χ0) is 17.4. The van der Waals surface area contributed by atoms with Crippen LogP contribution in [0.15, 0.2) is 61.1 Å². The average molecular weight is 370 g/mol. The summed E-state index contributed by atoms with van der Waals surface area (Å²) < 4.78 is 14.3. The number of halogens is 3. The molecule has 0 saturated heterocycles. The molecule has 0 aliphatic rings. The van der Waals surface area contributed by atoms with Crippen molar-refractivity contribution in [2.75, 3.05) is 0 Å². The fourth-order valence-corrected chi connectivity index (χ4v) is 3.09. The Bertz CT molecular complexity index is 1100. The first-order valence-electron chi connectivity index (χ1n) is 7.44. The van der Waals surface area contributed by atoms with Crippen molar-refractivity contribution >= 4 is 34.1 Å². The number of nitrogens with zero attached hydrogens (tertiary/aromatic N) is 3. The first-order valence-corrected chi connectivity index (χ1v) is 8.20. The van der Waals surface area contributed by atoms with Gasteiger partial charge in [0.15, 0.2) is 0 Å². The Kier molecular flexibility index (Phi) is 4.07. The first-order chi connectivity index (χ1) is 12.1. The molecule has 2 aromatic heterocycles. The highest BCUT2D eigenvalue weighted by Gasteiger charge is 2.14. The molecule has 122 valence electrons. The summed E-state index contributed by atoms with van der Waals surface area (Å²) in [5.41, 5.74) is 3.20. The van der Waals surface area contributed by atoms with Gasteiger partial charge in [-0.05, 0) is 42.0 Å². The lowest BCUT2D eigenvalue weighted by atomic mass is 9.98. The molecule has 0 unspecified atom stereocenters. The molecule has 2 heterocycles. The Morgan fingerprint density at radius 2 is 1.72 bits per heavy atom. The van der Waals surface area contributed by atoms with Gasteiger partial charge in [-0.3, -0.25) is 4.98 Å². The predicted octanol–water partition coefficient (Wildman–Crippen LogP) is 5.80. The van der Waals surface area contributed by atoms with E-state index in [0.717, 1.165) is 22.0 Å². The number of fused-ring (bicyclic) bond motifs is 1. The molecule has 0 radical (unpaired) electrons. The van der Waals surface area contributed by atoms with E-state index in [1.54, 1.807) is 18.3 Å². The van der Waals surface area contributed by atoms with Crippen LogP contribution in [0.4, 0.5) is 4.39 Å². The predicted molar refractivity (Wildman–Crippen MR) is 98.2 cm³/mol. The number of aromatic nitrogens is 3. The quantitative estimate of drug-likeness (QED) is 0.418. The van der Waals surface area contributed by atoms with Crippen LogP contribution in [-0.4, -0.2) is 15.0 Å². The molecule has 0 aliphatic carbocycles. The fraction of sp³-hybridized carbons (Fsp3) is 0. The van der Waals surface area contributed by atoms with Crippen LogP contribution in [0.2, 0.25) is 10.2 Å². The molecule has 4 aromatic rings. The Labute approximate surface area is 153 Å². The van der Waals surface area contributed by atoms with Gasteiger partial charge in [0.25, 0.3) is 0 Å². The lowest BCUT2D eigenvalue weighted by molar-refractivity contribution is 0.631. The van der Waals surface area contributed by atoms with Crippen molar-refractivity contribution in [2.45, 2.75) is 0 Å². The summed E-state index contributed by atoms with van der Waals surface area (Å²) in [4.78, 5) is 12.6. The molecule has 0 bridgehead atoms. The van der Waals surface area contributed by atoms with Gasteiger partial charge in [0.05, 0.1) is 11.2 Å². The number of pyridine rings is 1. The number of hydrogen-bond donors (Lipinski definition) is 0. The second kappa shape index (κ2) is 6.39. The van der Waals surface area contributed by atoms with Gasteiger partial charge < -0.3 is 0 Å². The molecule has 4 rings (SSSR count). The van der Waals surface area contributed by atoms with E-state index in [9.17, 15) is 4.39 Å². The molecule has 0 spiro atoms. The molecular formula is C19H10Cl2FN3. The number of hydrogen-bond acceptors (Lipinski definition) is 3. The topological polar surface area (TPSA) is 38.7 Å². The van der Waals surface area contributed by atoms with E-state index in [4.69, 9.17) is 23.2 Å². The lowest BCUT2D eigenvalue weighted by Crippen LogP contribution is -1.93. The second-order valence-corrected chi connectivity index (χ2v) is 6.21. The Morgan fingerprint density at radius 3 is 2.60 bits per heavy atom. The minimum Gasteiger partial charge on any atom is -0.255 e. The maximum atomic E-state index is 14.3. The molecular weight excluding hydrogens is 360 g/mol. The normalized spacial score (nSPS) is 11.0. The molecule has 0 amide bonds. The van der Waals surface area contributed by atoms with Crippen LogP contribution in [0, 0.1) is 5.82 Å². The fourth-order valence-electron chi connectivity index (χ4n) is 2.72. The molecule has 0 saturated carbocycles. The lowest BCUT2D eigenvalue weighted by Gasteiger charge is -2.11. The summed E-state index contributed by atoms with van der Waals surface area (Å²) in [5, 5.41) is 1.54. The summed E-state index contributed by atoms with van der Waals surface area (Å²) in [6.07, 6.45) is 3.04. The number of benzene rings is 2. The zero-order valence-electron chi connectivity index (χ0n) is 12.7. The maximum absolute atomic E-state index is 14.3. The first kappa shape index (κ1) is 15.9. The van der Waals surface area contributed by atoms with E-state index >= 15 is 0 Å². The van der Waals surface area contributed by atoms with Gasteiger partial charge in [0.1, 0.15) is 17.3 Å². The van der Waals surface area contributed by atoms with Gasteiger partial charge in [-0.15, -0.1) is 0 Å². The van der Waals surface area contributed by atoms with Gasteiger partial charge in [-0.1, -0.05) is 35.3 Å². The van der Waals surface area contributed by atoms with Crippen molar-refractivity contribution in [1.29, 1.82) is 0 Å². The van der Waals surface area contributed by atoms with Crippen LogP contribution in [-0.2, 0) is 0 Å². The standard InChI is InChI=1S/C19H10Cl2FN3/c20-12-4-5-16(22)14(9-12)18-13(2-1-7-23-18)11-3-6-17-15(8-11)19(21)25-10-24-17/h1-10H. The van der Waals surface area contributed by atoms with Crippen LogP contribution in [0.3, 0.4) is 0 Å². The summed E-state index contributed by atoms with van der Waals surface area (Å²) in [7, 11) is 0. The van der Waals surface area contributed by atoms with Gasteiger partial charge >= 0.3 is 0 Å². The largest absolute Gasteiger partial charge is 0.255 e. The third kappa shape index (κ3) is 2.95. The minimum absolute atomic E-state index is 0.346. The van der Waals surface area contributed by atoms with E-state index in [2.05, 4.69) is 15.0 Å². The van der Waals surface area contributed by atoms with E-state index in [1.165, 1.54) is 18.5 Å². The van der Waals surface area contributed by atoms with Crippen LogP contribution in [0.25, 0.3) is 33.3 Å². The molecule has 0 N–H and O–H groups in total. The highest BCUT2D eigenvalue weighted by Crippen LogP contribution is 2.34. The Balaban J connectivity index is 1.96.